The molecule has 0 spiro atoms. The Kier molecular flexibility index (Phi) is 5.34. The Morgan fingerprint density at radius 1 is 1.35 bits per heavy atom. The molecule has 128 valence electrons. The van der Waals surface area contributed by atoms with Gasteiger partial charge in [-0.1, -0.05) is 12.1 Å². The fourth-order valence-corrected chi connectivity index (χ4v) is 3.11. The van der Waals surface area contributed by atoms with Crippen molar-refractivity contribution in [2.24, 2.45) is 0 Å². The van der Waals surface area contributed by atoms with Gasteiger partial charge in [-0.3, -0.25) is 4.79 Å². The van der Waals surface area contributed by atoms with Gasteiger partial charge in [0.2, 0.25) is 5.91 Å². The summed E-state index contributed by atoms with van der Waals surface area (Å²) in [6.45, 7) is 6.12. The highest BCUT2D eigenvalue weighted by Gasteiger charge is 2.32. The van der Waals surface area contributed by atoms with Gasteiger partial charge in [0.05, 0.1) is 11.5 Å². The molecule has 2 atom stereocenters. The Labute approximate surface area is 135 Å². The topological polar surface area (TPSA) is 23.6 Å². The van der Waals surface area contributed by atoms with Gasteiger partial charge in [0.15, 0.2) is 0 Å². The second-order valence-corrected chi connectivity index (χ2v) is 6.17. The number of halogens is 3. The molecule has 2 unspecified atom stereocenters. The second-order valence-electron chi connectivity index (χ2n) is 6.17. The van der Waals surface area contributed by atoms with Gasteiger partial charge in [0.25, 0.3) is 0 Å². The molecule has 1 heterocycles. The number of alkyl halides is 3. The van der Waals surface area contributed by atoms with Crippen molar-refractivity contribution in [2.45, 2.75) is 38.4 Å². The second kappa shape index (κ2) is 6.91. The van der Waals surface area contributed by atoms with Crippen LogP contribution in [0.2, 0.25) is 0 Å². The summed E-state index contributed by atoms with van der Waals surface area (Å²) in [5, 5.41) is 0. The van der Waals surface area contributed by atoms with Crippen LogP contribution < -0.4 is 0 Å². The van der Waals surface area contributed by atoms with E-state index in [-0.39, 0.29) is 11.9 Å². The summed E-state index contributed by atoms with van der Waals surface area (Å²) in [5.74, 6) is -0.462. The van der Waals surface area contributed by atoms with E-state index in [1.807, 2.05) is 18.9 Å². The molecule has 1 aromatic carbocycles. The number of carbonyl (C=O) groups excluding carboxylic acids is 1. The van der Waals surface area contributed by atoms with Gasteiger partial charge in [-0.25, -0.2) is 0 Å². The first kappa shape index (κ1) is 17.8. The lowest BCUT2D eigenvalue weighted by Gasteiger charge is -2.30. The number of benzene rings is 1. The largest absolute Gasteiger partial charge is 0.416 e. The molecule has 1 amide bonds. The van der Waals surface area contributed by atoms with Crippen LogP contribution in [0.5, 0.6) is 0 Å². The monoisotopic (exact) mass is 328 g/mol. The third kappa shape index (κ3) is 4.05. The molecule has 2 rings (SSSR count). The van der Waals surface area contributed by atoms with Gasteiger partial charge in [-0.2, -0.15) is 13.2 Å². The van der Waals surface area contributed by atoms with Crippen LogP contribution in [0.15, 0.2) is 24.3 Å². The highest BCUT2D eigenvalue weighted by molar-refractivity contribution is 5.83. The number of nitrogens with zero attached hydrogens (tertiary/aromatic N) is 2. The molecule has 23 heavy (non-hydrogen) atoms. The summed E-state index contributed by atoms with van der Waals surface area (Å²) in [6.07, 6.45) is -3.41. The van der Waals surface area contributed by atoms with Gasteiger partial charge >= 0.3 is 6.18 Å². The Morgan fingerprint density at radius 2 is 1.96 bits per heavy atom. The Bertz CT molecular complexity index is 542. The quantitative estimate of drug-likeness (QED) is 0.846. The molecule has 1 fully saturated rings. The van der Waals surface area contributed by atoms with Crippen molar-refractivity contribution < 1.29 is 18.0 Å². The smallest absolute Gasteiger partial charge is 0.338 e. The van der Waals surface area contributed by atoms with Crippen molar-refractivity contribution in [3.8, 4) is 0 Å². The third-order valence-electron chi connectivity index (χ3n) is 4.54. The van der Waals surface area contributed by atoms with Gasteiger partial charge in [-0.05, 0) is 51.6 Å². The molecule has 0 N–H and O–H groups in total. The highest BCUT2D eigenvalue weighted by Crippen LogP contribution is 2.30. The van der Waals surface area contributed by atoms with E-state index in [9.17, 15) is 18.0 Å². The molecule has 6 heteroatoms. The molecule has 0 bridgehead atoms. The predicted molar refractivity (Wildman–Crippen MR) is 83.1 cm³/mol. The third-order valence-corrected chi connectivity index (χ3v) is 4.54. The number of hydrogen-bond acceptors (Lipinski definition) is 2. The van der Waals surface area contributed by atoms with Crippen LogP contribution in [-0.2, 0) is 11.0 Å². The number of likely N-dealkylation sites (N-methyl/N-ethyl adjacent to an activating group) is 2. The number of likely N-dealkylation sites (tertiary alicyclic amines) is 1. The van der Waals surface area contributed by atoms with E-state index < -0.39 is 17.7 Å². The first-order chi connectivity index (χ1) is 10.7. The van der Waals surface area contributed by atoms with Crippen LogP contribution >= 0.6 is 0 Å². The van der Waals surface area contributed by atoms with E-state index in [1.54, 1.807) is 6.92 Å². The maximum atomic E-state index is 12.7. The Hall–Kier alpha value is -1.56. The fourth-order valence-electron chi connectivity index (χ4n) is 3.11. The van der Waals surface area contributed by atoms with Crippen LogP contribution in [0.1, 0.15) is 37.3 Å². The first-order valence-electron chi connectivity index (χ1n) is 7.90. The average Bonchev–Trinajstić information content (AvgIpc) is 2.92. The van der Waals surface area contributed by atoms with Crippen molar-refractivity contribution in [3.05, 3.63) is 35.4 Å². The van der Waals surface area contributed by atoms with Gasteiger partial charge < -0.3 is 9.80 Å². The molecule has 0 aromatic heterocycles. The molecular weight excluding hydrogens is 305 g/mol. The van der Waals surface area contributed by atoms with Crippen molar-refractivity contribution >= 4 is 5.91 Å². The maximum absolute atomic E-state index is 12.7. The van der Waals surface area contributed by atoms with E-state index in [0.717, 1.165) is 31.6 Å². The van der Waals surface area contributed by atoms with Crippen LogP contribution in [0, 0.1) is 0 Å². The van der Waals surface area contributed by atoms with Crippen molar-refractivity contribution in [1.82, 2.24) is 9.80 Å². The standard InChI is InChI=1S/C17H23F3N2O/c1-4-22(15-9-10-21(3)11-15)16(23)12(2)13-5-7-14(8-6-13)17(18,19)20/h5-8,12,15H,4,9-11H2,1-3H3. The molecule has 0 radical (unpaired) electrons. The van der Waals surface area contributed by atoms with Gasteiger partial charge in [0.1, 0.15) is 0 Å². The lowest BCUT2D eigenvalue weighted by molar-refractivity contribution is -0.137. The van der Waals surface area contributed by atoms with Crippen molar-refractivity contribution in [2.75, 3.05) is 26.7 Å². The first-order valence-corrected chi connectivity index (χ1v) is 7.90. The van der Waals surface area contributed by atoms with Gasteiger partial charge in [-0.15, -0.1) is 0 Å². The Morgan fingerprint density at radius 3 is 2.39 bits per heavy atom. The average molecular weight is 328 g/mol. The zero-order valence-electron chi connectivity index (χ0n) is 13.7. The van der Waals surface area contributed by atoms with Crippen molar-refractivity contribution in [1.29, 1.82) is 0 Å². The number of hydrogen-bond donors (Lipinski definition) is 0. The summed E-state index contributed by atoms with van der Waals surface area (Å²) in [7, 11) is 2.03. The van der Waals surface area contributed by atoms with E-state index >= 15 is 0 Å². The summed E-state index contributed by atoms with van der Waals surface area (Å²) in [5.41, 5.74) is -0.0709. The molecule has 0 aliphatic carbocycles. The lowest BCUT2D eigenvalue weighted by atomic mass is 9.97. The zero-order chi connectivity index (χ0) is 17.2. The van der Waals surface area contributed by atoms with E-state index in [2.05, 4.69) is 4.90 Å². The van der Waals surface area contributed by atoms with Crippen LogP contribution in [0.25, 0.3) is 0 Å². The van der Waals surface area contributed by atoms with E-state index in [0.29, 0.717) is 12.1 Å². The summed E-state index contributed by atoms with van der Waals surface area (Å²) in [6, 6.07) is 5.08. The number of carbonyl (C=O) groups is 1. The zero-order valence-corrected chi connectivity index (χ0v) is 13.7. The van der Waals surface area contributed by atoms with E-state index in [1.165, 1.54) is 12.1 Å². The highest BCUT2D eigenvalue weighted by atomic mass is 19.4. The molecule has 3 nitrogen and oxygen atoms in total. The maximum Gasteiger partial charge on any atom is 0.416 e. The fraction of sp³-hybridized carbons (Fsp3) is 0.588. The van der Waals surface area contributed by atoms with Crippen LogP contribution in [0.3, 0.4) is 0 Å². The predicted octanol–water partition coefficient (Wildman–Crippen LogP) is 3.36. The molecule has 1 saturated heterocycles. The summed E-state index contributed by atoms with van der Waals surface area (Å²) in [4.78, 5) is 16.8. The number of rotatable bonds is 4. The van der Waals surface area contributed by atoms with E-state index in [4.69, 9.17) is 0 Å². The lowest BCUT2D eigenvalue weighted by Crippen LogP contribution is -2.43. The molecule has 0 saturated carbocycles. The summed E-state index contributed by atoms with van der Waals surface area (Å²) < 4.78 is 37.9. The van der Waals surface area contributed by atoms with Crippen molar-refractivity contribution in [3.63, 3.8) is 0 Å². The minimum absolute atomic E-state index is 0.0208. The minimum atomic E-state index is -4.35. The molecule has 1 aromatic rings. The Balaban J connectivity index is 2.11. The summed E-state index contributed by atoms with van der Waals surface area (Å²) >= 11 is 0. The SMILES string of the molecule is CCN(C(=O)C(C)c1ccc(C(F)(F)F)cc1)C1CCN(C)C1. The van der Waals surface area contributed by atoms with Crippen LogP contribution in [-0.4, -0.2) is 48.4 Å². The normalized spacial score (nSPS) is 20.5. The molecule has 1 aliphatic heterocycles. The number of amides is 1. The van der Waals surface area contributed by atoms with Crippen LogP contribution in [0.4, 0.5) is 13.2 Å². The van der Waals surface area contributed by atoms with Gasteiger partial charge in [0, 0.05) is 19.1 Å². The molecule has 1 aliphatic rings. The molecular formula is C17H23F3N2O. The minimum Gasteiger partial charge on any atom is -0.338 e.